The van der Waals surface area contributed by atoms with E-state index >= 15 is 0 Å². The van der Waals surface area contributed by atoms with E-state index in [1.54, 1.807) is 18.5 Å². The Balaban J connectivity index is 2.44. The molecule has 10 heteroatoms. The molecule has 7 N–H and O–H groups in total. The smallest absolute Gasteiger partial charge is 0.276 e. The van der Waals surface area contributed by atoms with Crippen molar-refractivity contribution in [2.24, 2.45) is 27.2 Å². The van der Waals surface area contributed by atoms with Gasteiger partial charge in [-0.2, -0.15) is 0 Å². The maximum Gasteiger partial charge on any atom is 0.276 e. The molecule has 0 amide bonds. The molecule has 2 rings (SSSR count). The van der Waals surface area contributed by atoms with Gasteiger partial charge in [0, 0.05) is 54.1 Å². The van der Waals surface area contributed by atoms with Gasteiger partial charge in [-0.05, 0) is 33.1 Å². The molecule has 1 aromatic heterocycles. The van der Waals surface area contributed by atoms with Crippen LogP contribution < -0.4 is 27.3 Å². The van der Waals surface area contributed by atoms with Gasteiger partial charge in [-0.15, -0.1) is 0 Å². The Morgan fingerprint density at radius 2 is 2.09 bits per heavy atom. The van der Waals surface area contributed by atoms with Gasteiger partial charge in [0.05, 0.1) is 18.4 Å². The van der Waals surface area contributed by atoms with E-state index in [9.17, 15) is 8.78 Å². The quantitative estimate of drug-likeness (QED) is 0.277. The lowest BCUT2D eigenvalue weighted by molar-refractivity contribution is 0.225. The largest absolute Gasteiger partial charge is 0.490 e. The van der Waals surface area contributed by atoms with Gasteiger partial charge in [-0.1, -0.05) is 12.5 Å². The second-order valence-corrected chi connectivity index (χ2v) is 7.63. The maximum atomic E-state index is 13.1. The lowest BCUT2D eigenvalue weighted by Crippen LogP contribution is -2.11. The average molecular weight is 462 g/mol. The van der Waals surface area contributed by atoms with Gasteiger partial charge in [0.25, 0.3) is 6.43 Å². The Kier molecular flexibility index (Phi) is 9.99. The third-order valence-electron chi connectivity index (χ3n) is 4.85. The molecule has 1 saturated carbocycles. The molecular weight excluding hydrogens is 428 g/mol. The van der Waals surface area contributed by atoms with Crippen molar-refractivity contribution in [2.75, 3.05) is 18.4 Å². The fraction of sp³-hybridized carbons (Fsp3) is 0.435. The molecule has 0 saturated heterocycles. The van der Waals surface area contributed by atoms with Crippen LogP contribution in [-0.4, -0.2) is 42.5 Å². The Morgan fingerprint density at radius 3 is 2.67 bits per heavy atom. The van der Waals surface area contributed by atoms with Crippen LogP contribution in [0.5, 0.6) is 5.75 Å². The summed E-state index contributed by atoms with van der Waals surface area (Å²) in [5.41, 5.74) is 19.7. The molecule has 1 aromatic rings. The van der Waals surface area contributed by atoms with Crippen LogP contribution >= 0.6 is 0 Å². The van der Waals surface area contributed by atoms with Crippen LogP contribution in [0.25, 0.3) is 5.57 Å². The molecule has 0 atom stereocenters. The number of nitrogens with zero attached hydrogens (tertiary/aromatic N) is 3. The minimum absolute atomic E-state index is 0.110. The third kappa shape index (κ3) is 8.30. The number of alkyl halides is 2. The van der Waals surface area contributed by atoms with Gasteiger partial charge in [0.15, 0.2) is 0 Å². The monoisotopic (exact) mass is 461 g/mol. The molecule has 33 heavy (non-hydrogen) atoms. The van der Waals surface area contributed by atoms with E-state index in [4.69, 9.17) is 21.9 Å². The summed E-state index contributed by atoms with van der Waals surface area (Å²) < 4.78 is 32.3. The lowest BCUT2D eigenvalue weighted by Gasteiger charge is -2.14. The molecule has 0 bridgehead atoms. The molecule has 1 aliphatic rings. The summed E-state index contributed by atoms with van der Waals surface area (Å²) in [7, 11) is 0. The van der Waals surface area contributed by atoms with E-state index < -0.39 is 6.43 Å². The molecule has 180 valence electrons. The highest BCUT2D eigenvalue weighted by Gasteiger charge is 2.25. The Morgan fingerprint density at radius 1 is 1.36 bits per heavy atom. The number of aromatic nitrogens is 1. The highest BCUT2D eigenvalue weighted by Crippen LogP contribution is 2.33. The minimum Gasteiger partial charge on any atom is -0.490 e. The van der Waals surface area contributed by atoms with Gasteiger partial charge in [0.2, 0.25) is 0 Å². The number of aliphatic imine (C=N–C) groups is 2. The summed E-state index contributed by atoms with van der Waals surface area (Å²) >= 11 is 0. The van der Waals surface area contributed by atoms with E-state index in [0.717, 1.165) is 24.8 Å². The topological polar surface area (TPSA) is 137 Å². The Labute approximate surface area is 193 Å². The number of ether oxygens (including phenoxy) is 1. The summed E-state index contributed by atoms with van der Waals surface area (Å²) in [6.07, 6.45) is 6.20. The zero-order chi connectivity index (χ0) is 24.4. The number of halogens is 2. The molecule has 0 aliphatic heterocycles. The van der Waals surface area contributed by atoms with Crippen LogP contribution in [0.2, 0.25) is 0 Å². The summed E-state index contributed by atoms with van der Waals surface area (Å²) in [6, 6.07) is 1.68. The second kappa shape index (κ2) is 12.7. The number of anilines is 1. The van der Waals surface area contributed by atoms with Crippen LogP contribution in [0.3, 0.4) is 0 Å². The first-order valence-electron chi connectivity index (χ1n) is 10.8. The second-order valence-electron chi connectivity index (χ2n) is 7.63. The first kappa shape index (κ1) is 26.0. The number of rotatable bonds is 12. The van der Waals surface area contributed by atoms with Gasteiger partial charge in [-0.3, -0.25) is 4.99 Å². The fourth-order valence-corrected chi connectivity index (χ4v) is 2.57. The van der Waals surface area contributed by atoms with Crippen molar-refractivity contribution in [1.82, 2.24) is 4.98 Å². The molecular formula is C23H33F2N7O. The number of nitrogens with one attached hydrogen (secondary N) is 1. The molecule has 8 nitrogen and oxygen atoms in total. The van der Waals surface area contributed by atoms with Crippen molar-refractivity contribution >= 4 is 23.3 Å². The van der Waals surface area contributed by atoms with Crippen molar-refractivity contribution in [3.63, 3.8) is 0 Å². The molecule has 1 aliphatic carbocycles. The van der Waals surface area contributed by atoms with E-state index in [2.05, 4.69) is 20.3 Å². The average Bonchev–Trinajstić information content (AvgIpc) is 3.60. The van der Waals surface area contributed by atoms with E-state index in [-0.39, 0.29) is 17.6 Å². The highest BCUT2D eigenvalue weighted by molar-refractivity contribution is 6.10. The zero-order valence-corrected chi connectivity index (χ0v) is 19.3. The van der Waals surface area contributed by atoms with E-state index in [1.807, 2.05) is 13.8 Å². The first-order valence-corrected chi connectivity index (χ1v) is 10.8. The maximum absolute atomic E-state index is 13.1. The number of allylic oxidation sites excluding steroid dienone is 3. The van der Waals surface area contributed by atoms with Crippen molar-refractivity contribution in [3.05, 3.63) is 47.2 Å². The van der Waals surface area contributed by atoms with E-state index in [1.165, 1.54) is 19.2 Å². The van der Waals surface area contributed by atoms with Gasteiger partial charge < -0.3 is 27.3 Å². The minimum atomic E-state index is -2.69. The van der Waals surface area contributed by atoms with Crippen LogP contribution in [0, 0.1) is 0 Å². The zero-order valence-electron chi connectivity index (χ0n) is 19.3. The van der Waals surface area contributed by atoms with Gasteiger partial charge in [0.1, 0.15) is 17.4 Å². The van der Waals surface area contributed by atoms with Gasteiger partial charge in [-0.25, -0.2) is 18.8 Å². The van der Waals surface area contributed by atoms with Crippen molar-refractivity contribution < 1.29 is 13.5 Å². The molecule has 1 fully saturated rings. The summed E-state index contributed by atoms with van der Waals surface area (Å²) in [6.45, 7) is 5.96. The molecule has 1 heterocycles. The van der Waals surface area contributed by atoms with Crippen LogP contribution in [0.15, 0.2) is 51.6 Å². The predicted octanol–water partition coefficient (Wildman–Crippen LogP) is 3.57. The highest BCUT2D eigenvalue weighted by atomic mass is 19.3. The van der Waals surface area contributed by atoms with Crippen molar-refractivity contribution in [2.45, 2.75) is 52.6 Å². The number of hydrogen-bond donors (Lipinski definition) is 4. The van der Waals surface area contributed by atoms with Crippen LogP contribution in [0.1, 0.15) is 45.6 Å². The van der Waals surface area contributed by atoms with Crippen LogP contribution in [-0.2, 0) is 0 Å². The molecule has 0 radical (unpaired) electrons. The summed E-state index contributed by atoms with van der Waals surface area (Å²) in [4.78, 5) is 12.6. The third-order valence-corrected chi connectivity index (χ3v) is 4.85. The molecule has 0 spiro atoms. The predicted molar refractivity (Wildman–Crippen MR) is 130 cm³/mol. The summed E-state index contributed by atoms with van der Waals surface area (Å²) in [5, 5.41) is 2.98. The SMILES string of the molecule is CC/C(C)=C(N)/C=C(\N=C(/C)C(F)F)Nc1cc(OC2CC2)c(/C(C=NCCN)=C/N)cn1. The number of pyridine rings is 1. The molecule has 0 aromatic carbocycles. The van der Waals surface area contributed by atoms with Crippen LogP contribution in [0.4, 0.5) is 14.6 Å². The Hall–Kier alpha value is -3.27. The Bertz CT molecular complexity index is 964. The number of nitrogens with two attached hydrogens (primary N) is 3. The lowest BCUT2D eigenvalue weighted by atomic mass is 10.1. The summed E-state index contributed by atoms with van der Waals surface area (Å²) in [5.74, 6) is 1.06. The van der Waals surface area contributed by atoms with E-state index in [0.29, 0.717) is 41.5 Å². The molecule has 0 unspecified atom stereocenters. The first-order chi connectivity index (χ1) is 15.8. The van der Waals surface area contributed by atoms with Crippen molar-refractivity contribution in [1.29, 1.82) is 0 Å². The standard InChI is InChI=1S/C23H33F2N7O/c1-4-14(2)19(28)9-22(31-15(3)23(24)25)32-21-10-20(33-17-5-6-17)18(13-30-21)16(11-27)12-29-8-7-26/h9-13,17,23H,4-8,26-28H2,1-3H3,(H,30,32)/b16-11+,19-14-,22-9+,29-12?,31-15+. The van der Waals surface area contributed by atoms with Gasteiger partial charge >= 0.3 is 0 Å². The fourth-order valence-electron chi connectivity index (χ4n) is 2.57. The number of hydrogen-bond acceptors (Lipinski definition) is 8. The normalized spacial score (nSPS) is 16.4. The van der Waals surface area contributed by atoms with Crippen molar-refractivity contribution in [3.8, 4) is 5.75 Å².